The number of likely N-dealkylation sites (N-methyl/N-ethyl adjacent to an activating group) is 2. The van der Waals surface area contributed by atoms with Crippen molar-refractivity contribution in [2.75, 3.05) is 46.8 Å². The van der Waals surface area contributed by atoms with E-state index in [9.17, 15) is 58.8 Å². The van der Waals surface area contributed by atoms with E-state index in [-0.39, 0.29) is 88.2 Å². The molecule has 7 heterocycles. The van der Waals surface area contributed by atoms with Crippen LogP contribution in [0.5, 0.6) is 5.75 Å². The molecule has 43 heteroatoms. The lowest BCUT2D eigenvalue weighted by Gasteiger charge is -2.38. The van der Waals surface area contributed by atoms with Gasteiger partial charge in [-0.3, -0.25) is 86.3 Å². The number of benzene rings is 3. The molecule has 15 atom stereocenters. The molecule has 0 bridgehead atoms. The number of para-hydroxylation sites is 2. The zero-order chi connectivity index (χ0) is 98.2. The maximum absolute atomic E-state index is 15.8. The summed E-state index contributed by atoms with van der Waals surface area (Å²) >= 11 is 0. The molecule has 16 amide bonds. The number of unbranched alkanes of at least 4 members (excludes halogenated alkanes) is 2. The second-order valence-electron chi connectivity index (χ2n) is 35.5. The van der Waals surface area contributed by atoms with Crippen molar-refractivity contribution in [3.8, 4) is 5.75 Å². The first kappa shape index (κ1) is 103. The number of aliphatic hydroxyl groups is 1. The number of hydrogen-bond donors (Lipinski definition) is 18. The number of aromatic amines is 2. The number of aromatic hydroxyl groups is 1. The van der Waals surface area contributed by atoms with Gasteiger partial charge in [-0.1, -0.05) is 102 Å². The minimum absolute atomic E-state index is 0.00370. The Balaban J connectivity index is 1.02. The Morgan fingerprint density at radius 3 is 1.74 bits per heavy atom. The molecule has 730 valence electrons. The number of carbonyl (C=O) groups is 18. The molecule has 0 spiro atoms. The molecule has 135 heavy (non-hydrogen) atoms. The molecule has 43 nitrogen and oxygen atoms in total. The zero-order valence-electron chi connectivity index (χ0n) is 76.8. The molecule has 4 aliphatic rings. The minimum atomic E-state index is -1.84. The van der Waals surface area contributed by atoms with E-state index in [0.717, 1.165) is 14.7 Å². The number of aliphatic hydroxyl groups excluding tert-OH is 1. The number of hydrogen-bond acceptors (Lipinski definition) is 22. The molecule has 4 saturated heterocycles. The fraction of sp³-hybridized carbons (Fsp3) is 0.533. The molecule has 0 unspecified atom stereocenters. The lowest BCUT2D eigenvalue weighted by molar-refractivity contribution is -0.149. The predicted molar refractivity (Wildman–Crippen MR) is 487 cm³/mol. The molecule has 3 aromatic heterocycles. The van der Waals surface area contributed by atoms with E-state index in [1.807, 2.05) is 13.8 Å². The number of nitrogens with zero attached hydrogens (tertiary/aromatic N) is 7. The van der Waals surface area contributed by atoms with Gasteiger partial charge in [-0.15, -0.1) is 0 Å². The number of carboxylic acid groups (broad SMARTS) is 2. The molecule has 10 rings (SSSR count). The smallest absolute Gasteiger partial charge is 0.323 e. The standard InChI is InChI=1S/C92H125N21O22/c1-8-10-22-70-84(127)102-62(35-50(3)4)82(125)107-68(79(94)122)44-95-45-76(117)100-65(36-52-27-29-56(114)30-28-52)90(133)111-33-17-16-25-71(111)86(129)106-67(41-75(93)116)91(134)112-34-18-26-72(112)85(128)104-64(39-55-43-96-49-98-55)83(126)101-61(31-32-77(118)119)89(132)113-47-57(115)40-74(113)87(130)103-63(37-53-42-97-60-21-14-12-19-58(53)60)81(124)99-51(5)80(123)105-66(88(131)109(7)73(23-11-9-2)92(135)108(70)6)38-54-46-110(48-78(120)121)69-24-15-13-20-59(54)69/h12-15,19-21,24,27-30,42-43,46,49-51,57,61-68,70-74,95,97,114-115H,8-11,16-18,22-23,25-26,31-41,44-45,47-48H2,1-7H3,(H2,93,116)(H2,94,122)(H,96,98)(H,99,124)(H,100,117)(H,101,126)(H,102,127)(H,103,130)(H,104,128)(H,105,123)(H,106,129)(H,107,125)(H,118,119)(H,120,121)/t51-,57+,61-,62-,63-,64-,65-,66-,67-,68-,70-,71-,72-,73-,74-/m0/s1. The number of rotatable bonds is 24. The van der Waals surface area contributed by atoms with Crippen LogP contribution in [0.1, 0.15) is 160 Å². The number of carboxylic acids is 2. The molecule has 0 saturated carbocycles. The average molecular weight is 1880 g/mol. The van der Waals surface area contributed by atoms with Crippen LogP contribution in [0.2, 0.25) is 0 Å². The van der Waals surface area contributed by atoms with Crippen molar-refractivity contribution in [1.82, 2.24) is 97.2 Å². The predicted octanol–water partition coefficient (Wildman–Crippen LogP) is -1.47. The summed E-state index contributed by atoms with van der Waals surface area (Å²) in [6.07, 6.45) is 2.72. The first-order valence-electron chi connectivity index (χ1n) is 45.8. The third-order valence-corrected chi connectivity index (χ3v) is 24.9. The third-order valence-electron chi connectivity index (χ3n) is 24.9. The normalized spacial score (nSPS) is 25.3. The largest absolute Gasteiger partial charge is 0.508 e. The van der Waals surface area contributed by atoms with E-state index in [0.29, 0.717) is 77.0 Å². The molecule has 0 radical (unpaired) electrons. The van der Waals surface area contributed by atoms with Gasteiger partial charge in [0.15, 0.2) is 0 Å². The number of primary amides is 2. The summed E-state index contributed by atoms with van der Waals surface area (Å²) in [7, 11) is 2.70. The number of carbonyl (C=O) groups excluding carboxylic acids is 16. The SMILES string of the molecule is CCCC[C@H]1C(=O)N(C)[C@@H](CCCC)C(=O)N[C@@H](CC(C)C)C(=O)N[C@H](C(N)=O)CNCC(=O)N[C@@H](Cc2ccc(O)cc2)C(=O)N2CCCC[C@H]2C(=O)N[C@@H](CC(N)=O)C(=O)N2CCC[C@H]2C(=O)N[C@@H](Cc2c[nH]cn2)C(=O)N[C@@H](CCC(=O)O)C(=O)N2C[C@H](O)C[C@H]2C(=O)N[C@@H](Cc2c[nH]c3ccccc23)C(=O)N[C@@H](C)C(=O)N[C@@H](Cc2cn(CC(=O)O)c3ccccc23)C(=O)N1C. The number of phenolic OH excluding ortho intramolecular Hbond substituents is 1. The van der Waals surface area contributed by atoms with Crippen molar-refractivity contribution in [1.29, 1.82) is 0 Å². The van der Waals surface area contributed by atoms with Crippen LogP contribution in [0.15, 0.2) is 97.7 Å². The van der Waals surface area contributed by atoms with Crippen LogP contribution in [0.25, 0.3) is 21.8 Å². The maximum atomic E-state index is 15.8. The Morgan fingerprint density at radius 2 is 1.10 bits per heavy atom. The number of nitrogens with two attached hydrogens (primary N) is 2. The highest BCUT2D eigenvalue weighted by Crippen LogP contribution is 2.30. The summed E-state index contributed by atoms with van der Waals surface area (Å²) in [4.78, 5) is 278. The number of imidazole rings is 1. The molecule has 20 N–H and O–H groups in total. The zero-order valence-corrected chi connectivity index (χ0v) is 76.8. The number of H-pyrrole nitrogens is 2. The quantitative estimate of drug-likeness (QED) is 0.0329. The van der Waals surface area contributed by atoms with Crippen molar-refractivity contribution >= 4 is 128 Å². The summed E-state index contributed by atoms with van der Waals surface area (Å²) in [5.41, 5.74) is 14.2. The van der Waals surface area contributed by atoms with Crippen molar-refractivity contribution in [3.63, 3.8) is 0 Å². The van der Waals surface area contributed by atoms with Gasteiger partial charge in [-0.2, -0.15) is 0 Å². The Bertz CT molecular complexity index is 5290. The Kier molecular flexibility index (Phi) is 36.8. The van der Waals surface area contributed by atoms with Crippen molar-refractivity contribution < 1.29 is 107 Å². The summed E-state index contributed by atoms with van der Waals surface area (Å²) in [5.74, 6) is -18.3. The topological polar surface area (TPSA) is 626 Å². The van der Waals surface area contributed by atoms with Gasteiger partial charge in [0, 0.05) is 119 Å². The molecule has 4 fully saturated rings. The second-order valence-corrected chi connectivity index (χ2v) is 35.5. The van der Waals surface area contributed by atoms with Crippen LogP contribution in [0.3, 0.4) is 0 Å². The minimum Gasteiger partial charge on any atom is -0.508 e. The highest BCUT2D eigenvalue weighted by molar-refractivity contribution is 6.03. The van der Waals surface area contributed by atoms with Crippen molar-refractivity contribution in [2.24, 2.45) is 17.4 Å². The molecule has 0 aliphatic carbocycles. The Morgan fingerprint density at radius 1 is 0.533 bits per heavy atom. The van der Waals surface area contributed by atoms with Crippen molar-refractivity contribution in [3.05, 3.63) is 120 Å². The number of nitrogens with one attached hydrogen (secondary N) is 12. The van der Waals surface area contributed by atoms with Crippen LogP contribution in [-0.2, 0) is 119 Å². The second kappa shape index (κ2) is 48.2. The van der Waals surface area contributed by atoms with Gasteiger partial charge in [-0.05, 0) is 112 Å². The number of phenols is 1. The van der Waals surface area contributed by atoms with Gasteiger partial charge in [0.2, 0.25) is 94.5 Å². The number of aromatic nitrogens is 4. The molecule has 4 aliphatic heterocycles. The lowest BCUT2D eigenvalue weighted by atomic mass is 9.97. The van der Waals surface area contributed by atoms with Crippen LogP contribution in [-0.4, -0.2) is 308 Å². The fourth-order valence-electron chi connectivity index (χ4n) is 17.8. The Labute approximate surface area is 779 Å². The number of fused-ring (bicyclic) bond motifs is 5. The van der Waals surface area contributed by atoms with Crippen molar-refractivity contribution in [2.45, 2.75) is 260 Å². The number of aliphatic carboxylic acids is 2. The highest BCUT2D eigenvalue weighted by atomic mass is 16.4. The van der Waals surface area contributed by atoms with Gasteiger partial charge >= 0.3 is 11.9 Å². The highest BCUT2D eigenvalue weighted by Gasteiger charge is 2.47. The average Bonchev–Trinajstić information content (AvgIpc) is 1.63. The van der Waals surface area contributed by atoms with Gasteiger partial charge in [0.25, 0.3) is 0 Å². The molecular weight excluding hydrogens is 1750 g/mol. The van der Waals surface area contributed by atoms with Crippen LogP contribution < -0.4 is 64.6 Å². The molecule has 6 aromatic rings. The van der Waals surface area contributed by atoms with Gasteiger partial charge in [0.1, 0.15) is 96.9 Å². The summed E-state index contributed by atoms with van der Waals surface area (Å²) < 4.78 is 1.44. The summed E-state index contributed by atoms with van der Waals surface area (Å²) in [6.45, 7) is 6.04. The van der Waals surface area contributed by atoms with E-state index in [1.54, 1.807) is 68.6 Å². The summed E-state index contributed by atoms with van der Waals surface area (Å²) in [5, 5.41) is 69.8. The van der Waals surface area contributed by atoms with Gasteiger partial charge in [-0.25, -0.2) is 4.98 Å². The van der Waals surface area contributed by atoms with E-state index in [2.05, 4.69) is 68.1 Å². The number of amides is 16. The summed E-state index contributed by atoms with van der Waals surface area (Å²) in [6, 6.07) is -2.49. The molecule has 3 aromatic carbocycles. The first-order chi connectivity index (χ1) is 64.3. The van der Waals surface area contributed by atoms with E-state index in [4.69, 9.17) is 11.5 Å². The maximum Gasteiger partial charge on any atom is 0.323 e. The Hall–Kier alpha value is -13.9. The van der Waals surface area contributed by atoms with E-state index >= 15 is 47.9 Å². The van der Waals surface area contributed by atoms with Gasteiger partial charge in [0.05, 0.1) is 31.1 Å². The van der Waals surface area contributed by atoms with E-state index in [1.165, 1.54) is 78.4 Å². The third kappa shape index (κ3) is 27.7. The first-order valence-corrected chi connectivity index (χ1v) is 45.8. The van der Waals surface area contributed by atoms with Gasteiger partial charge < -0.3 is 124 Å². The van der Waals surface area contributed by atoms with Crippen LogP contribution >= 0.6 is 0 Å². The fourth-order valence-corrected chi connectivity index (χ4v) is 17.8. The number of piperidine rings is 1. The lowest BCUT2D eigenvalue weighted by Crippen LogP contribution is -2.62. The van der Waals surface area contributed by atoms with E-state index < -0.39 is 255 Å². The molecular formula is C92H125N21O22. The van der Waals surface area contributed by atoms with Crippen LogP contribution in [0.4, 0.5) is 0 Å². The monoisotopic (exact) mass is 1880 g/mol. The van der Waals surface area contributed by atoms with Crippen LogP contribution in [0, 0.1) is 5.92 Å².